The molecule has 2 heteroatoms. The van der Waals surface area contributed by atoms with Crippen molar-refractivity contribution in [2.45, 2.75) is 0 Å². The molecule has 0 saturated heterocycles. The molecule has 0 amide bonds. The van der Waals surface area contributed by atoms with Gasteiger partial charge in [0.25, 0.3) is 0 Å². The number of anilines is 2. The predicted octanol–water partition coefficient (Wildman–Crippen LogP) is 10.3. The summed E-state index contributed by atoms with van der Waals surface area (Å²) in [6.45, 7) is 0. The van der Waals surface area contributed by atoms with Crippen molar-refractivity contribution in [3.05, 3.63) is 133 Å². The van der Waals surface area contributed by atoms with E-state index in [9.17, 15) is 0 Å². The highest BCUT2D eigenvalue weighted by molar-refractivity contribution is 7.26. The number of rotatable bonds is 4. The number of fused-ring (bicyclic) bond motifs is 4. The molecule has 7 aromatic rings. The molecule has 36 heavy (non-hydrogen) atoms. The van der Waals surface area contributed by atoms with Gasteiger partial charge in [0.2, 0.25) is 0 Å². The third kappa shape index (κ3) is 3.64. The minimum Gasteiger partial charge on any atom is -0.354 e. The summed E-state index contributed by atoms with van der Waals surface area (Å²) in [6.07, 6.45) is 0. The van der Waals surface area contributed by atoms with Crippen LogP contribution in [0.5, 0.6) is 0 Å². The molecule has 1 aromatic heterocycles. The van der Waals surface area contributed by atoms with Crippen molar-refractivity contribution >= 4 is 53.7 Å². The lowest BCUT2D eigenvalue weighted by Crippen LogP contribution is -1.91. The fraction of sp³-hybridized carbons (Fsp3) is 0. The van der Waals surface area contributed by atoms with Crippen LogP contribution in [0.4, 0.5) is 11.4 Å². The molecule has 0 aliphatic heterocycles. The molecule has 7 rings (SSSR count). The van der Waals surface area contributed by atoms with E-state index in [1.165, 1.54) is 53.2 Å². The van der Waals surface area contributed by atoms with Crippen molar-refractivity contribution < 1.29 is 0 Å². The summed E-state index contributed by atoms with van der Waals surface area (Å²) < 4.78 is 2.59. The van der Waals surface area contributed by atoms with Gasteiger partial charge in [0.05, 0.1) is 10.4 Å². The molecule has 0 fully saturated rings. The van der Waals surface area contributed by atoms with Crippen LogP contribution in [0.3, 0.4) is 0 Å². The SMILES string of the molecule is c1ccc(-c2cccc3sc4c(Nc5cccc(-c6ccc7ccccc7c6)c5)cccc4c23)cc1. The van der Waals surface area contributed by atoms with Crippen LogP contribution in [-0.4, -0.2) is 0 Å². The van der Waals surface area contributed by atoms with Crippen LogP contribution < -0.4 is 5.32 Å². The van der Waals surface area contributed by atoms with E-state index in [4.69, 9.17) is 0 Å². The highest BCUT2D eigenvalue weighted by Gasteiger charge is 2.13. The van der Waals surface area contributed by atoms with Gasteiger partial charge in [0.15, 0.2) is 0 Å². The zero-order valence-corrected chi connectivity index (χ0v) is 20.4. The normalized spacial score (nSPS) is 11.3. The topological polar surface area (TPSA) is 12.0 Å². The second kappa shape index (κ2) is 8.67. The van der Waals surface area contributed by atoms with Crippen molar-refractivity contribution in [2.24, 2.45) is 0 Å². The van der Waals surface area contributed by atoms with E-state index in [-0.39, 0.29) is 0 Å². The summed E-state index contributed by atoms with van der Waals surface area (Å²) in [7, 11) is 0. The highest BCUT2D eigenvalue weighted by Crippen LogP contribution is 2.43. The lowest BCUT2D eigenvalue weighted by atomic mass is 9.99. The maximum Gasteiger partial charge on any atom is 0.0590 e. The lowest BCUT2D eigenvalue weighted by Gasteiger charge is -2.11. The highest BCUT2D eigenvalue weighted by atomic mass is 32.1. The summed E-state index contributed by atoms with van der Waals surface area (Å²) in [5, 5.41) is 8.88. The first-order chi connectivity index (χ1) is 17.8. The first kappa shape index (κ1) is 20.9. The van der Waals surface area contributed by atoms with Gasteiger partial charge in [0.1, 0.15) is 0 Å². The molecular formula is C34H23NS. The van der Waals surface area contributed by atoms with Gasteiger partial charge >= 0.3 is 0 Å². The van der Waals surface area contributed by atoms with E-state index in [1.807, 2.05) is 11.3 Å². The van der Waals surface area contributed by atoms with Crippen molar-refractivity contribution in [2.75, 3.05) is 5.32 Å². The van der Waals surface area contributed by atoms with Gasteiger partial charge in [0, 0.05) is 21.2 Å². The first-order valence-corrected chi connectivity index (χ1v) is 13.0. The molecule has 1 N–H and O–H groups in total. The maximum absolute atomic E-state index is 3.72. The smallest absolute Gasteiger partial charge is 0.0590 e. The molecule has 0 spiro atoms. The largest absolute Gasteiger partial charge is 0.354 e. The van der Waals surface area contributed by atoms with Crippen LogP contribution in [0.1, 0.15) is 0 Å². The molecule has 6 aromatic carbocycles. The quantitative estimate of drug-likeness (QED) is 0.266. The molecule has 1 heterocycles. The summed E-state index contributed by atoms with van der Waals surface area (Å²) in [6, 6.07) is 47.8. The molecule has 0 atom stereocenters. The van der Waals surface area contributed by atoms with Crippen molar-refractivity contribution in [1.82, 2.24) is 0 Å². The molecule has 1 nitrogen and oxygen atoms in total. The first-order valence-electron chi connectivity index (χ1n) is 12.2. The molecule has 0 bridgehead atoms. The maximum atomic E-state index is 3.72. The third-order valence-electron chi connectivity index (χ3n) is 6.83. The van der Waals surface area contributed by atoms with Crippen LogP contribution in [0.25, 0.3) is 53.2 Å². The summed E-state index contributed by atoms with van der Waals surface area (Å²) >= 11 is 1.86. The molecule has 170 valence electrons. The van der Waals surface area contributed by atoms with Gasteiger partial charge in [-0.15, -0.1) is 11.3 Å². The minimum atomic E-state index is 1.09. The van der Waals surface area contributed by atoms with Gasteiger partial charge < -0.3 is 5.32 Å². The Morgan fingerprint density at radius 3 is 2.17 bits per heavy atom. The Balaban J connectivity index is 1.30. The van der Waals surface area contributed by atoms with E-state index in [0.717, 1.165) is 11.4 Å². The number of hydrogen-bond acceptors (Lipinski definition) is 2. The van der Waals surface area contributed by atoms with Crippen LogP contribution in [0, 0.1) is 0 Å². The van der Waals surface area contributed by atoms with E-state index in [1.54, 1.807) is 0 Å². The van der Waals surface area contributed by atoms with Crippen molar-refractivity contribution in [1.29, 1.82) is 0 Å². The number of benzene rings is 6. The Labute approximate surface area is 214 Å². The predicted molar refractivity (Wildman–Crippen MR) is 157 cm³/mol. The van der Waals surface area contributed by atoms with E-state index in [2.05, 4.69) is 139 Å². The van der Waals surface area contributed by atoms with Crippen LogP contribution in [0.15, 0.2) is 133 Å². The monoisotopic (exact) mass is 477 g/mol. The van der Waals surface area contributed by atoms with Gasteiger partial charge in [-0.05, 0) is 63.4 Å². The number of nitrogens with one attached hydrogen (secondary N) is 1. The standard InChI is InChI=1S/C34H23NS/c1-2-10-24(11-3-1)29-15-8-18-32-33(29)30-16-7-17-31(34(30)36-32)35-28-14-6-13-26(22-28)27-20-19-23-9-4-5-12-25(23)21-27/h1-22,35H. The van der Waals surface area contributed by atoms with Crippen molar-refractivity contribution in [3.63, 3.8) is 0 Å². The molecule has 0 aliphatic rings. The Morgan fingerprint density at radius 2 is 1.25 bits per heavy atom. The van der Waals surface area contributed by atoms with Crippen molar-refractivity contribution in [3.8, 4) is 22.3 Å². The second-order valence-electron chi connectivity index (χ2n) is 9.10. The zero-order chi connectivity index (χ0) is 23.9. The summed E-state index contributed by atoms with van der Waals surface area (Å²) in [4.78, 5) is 0. The Morgan fingerprint density at radius 1 is 0.500 bits per heavy atom. The summed E-state index contributed by atoms with van der Waals surface area (Å²) in [5.74, 6) is 0. The van der Waals surface area contributed by atoms with Crippen LogP contribution in [0.2, 0.25) is 0 Å². The van der Waals surface area contributed by atoms with Gasteiger partial charge in [-0.1, -0.05) is 103 Å². The minimum absolute atomic E-state index is 1.09. The van der Waals surface area contributed by atoms with Crippen LogP contribution in [-0.2, 0) is 0 Å². The van der Waals surface area contributed by atoms with E-state index >= 15 is 0 Å². The van der Waals surface area contributed by atoms with Gasteiger partial charge in [-0.25, -0.2) is 0 Å². The Hall–Kier alpha value is -4.40. The van der Waals surface area contributed by atoms with E-state index < -0.39 is 0 Å². The zero-order valence-electron chi connectivity index (χ0n) is 19.6. The molecule has 0 radical (unpaired) electrons. The van der Waals surface area contributed by atoms with Crippen LogP contribution >= 0.6 is 11.3 Å². The van der Waals surface area contributed by atoms with E-state index in [0.29, 0.717) is 0 Å². The summed E-state index contributed by atoms with van der Waals surface area (Å²) in [5.41, 5.74) is 7.21. The third-order valence-corrected chi connectivity index (χ3v) is 8.04. The Kier molecular flexibility index (Phi) is 5.04. The lowest BCUT2D eigenvalue weighted by molar-refractivity contribution is 1.57. The average Bonchev–Trinajstić information content (AvgIpc) is 3.33. The fourth-order valence-electron chi connectivity index (χ4n) is 5.11. The molecule has 0 unspecified atom stereocenters. The molecular weight excluding hydrogens is 454 g/mol. The number of hydrogen-bond donors (Lipinski definition) is 1. The molecule has 0 aliphatic carbocycles. The number of thiophene rings is 1. The Bertz CT molecular complexity index is 1860. The second-order valence-corrected chi connectivity index (χ2v) is 10.1. The van der Waals surface area contributed by atoms with Gasteiger partial charge in [-0.3, -0.25) is 0 Å². The van der Waals surface area contributed by atoms with Gasteiger partial charge in [-0.2, -0.15) is 0 Å². The average molecular weight is 478 g/mol. The molecule has 0 saturated carbocycles. The fourth-order valence-corrected chi connectivity index (χ4v) is 6.30.